The van der Waals surface area contributed by atoms with E-state index in [1.807, 2.05) is 18.7 Å². The van der Waals surface area contributed by atoms with E-state index >= 15 is 0 Å². The van der Waals surface area contributed by atoms with Gasteiger partial charge < -0.3 is 15.5 Å². The highest BCUT2D eigenvalue weighted by Gasteiger charge is 2.25. The number of hydrogen-bond donors (Lipinski definition) is 2. The van der Waals surface area contributed by atoms with Crippen LogP contribution in [0.3, 0.4) is 0 Å². The number of benzene rings is 1. The summed E-state index contributed by atoms with van der Waals surface area (Å²) in [6, 6.07) is 5.91. The molecule has 0 radical (unpaired) electrons. The predicted molar refractivity (Wildman–Crippen MR) is 101 cm³/mol. The highest BCUT2D eigenvalue weighted by atomic mass is 35.5. The average Bonchev–Trinajstić information content (AvgIpc) is 3.01. The number of hydrogen-bond acceptors (Lipinski definition) is 3. The lowest BCUT2D eigenvalue weighted by Crippen LogP contribution is -2.50. The van der Waals surface area contributed by atoms with E-state index < -0.39 is 6.04 Å². The monoisotopic (exact) mass is 379 g/mol. The van der Waals surface area contributed by atoms with E-state index in [1.54, 1.807) is 24.3 Å². The molecule has 6 nitrogen and oxygen atoms in total. The van der Waals surface area contributed by atoms with Crippen LogP contribution in [0.5, 0.6) is 0 Å². The van der Waals surface area contributed by atoms with Crippen molar-refractivity contribution in [3.05, 3.63) is 34.9 Å². The summed E-state index contributed by atoms with van der Waals surface area (Å²) < 4.78 is 0. The topological polar surface area (TPSA) is 78.5 Å². The normalized spacial score (nSPS) is 15.2. The molecular weight excluding hydrogens is 354 g/mol. The molecule has 3 amide bonds. The van der Waals surface area contributed by atoms with E-state index in [2.05, 4.69) is 10.6 Å². The third kappa shape index (κ3) is 5.73. The van der Waals surface area contributed by atoms with Gasteiger partial charge in [0.15, 0.2) is 0 Å². The van der Waals surface area contributed by atoms with E-state index in [0.717, 1.165) is 13.0 Å². The van der Waals surface area contributed by atoms with Gasteiger partial charge in [0.05, 0.1) is 0 Å². The predicted octanol–water partition coefficient (Wildman–Crippen LogP) is 2.22. The van der Waals surface area contributed by atoms with Crippen LogP contribution in [0.25, 0.3) is 0 Å². The molecule has 1 unspecified atom stereocenters. The molecule has 142 valence electrons. The molecule has 0 saturated carbocycles. The summed E-state index contributed by atoms with van der Waals surface area (Å²) in [5, 5.41) is 6.19. The van der Waals surface area contributed by atoms with Crippen molar-refractivity contribution in [1.29, 1.82) is 0 Å². The Bertz CT molecular complexity index is 646. The number of carbonyl (C=O) groups excluding carboxylic acids is 3. The van der Waals surface area contributed by atoms with Crippen molar-refractivity contribution in [2.45, 2.75) is 39.2 Å². The number of likely N-dealkylation sites (tertiary alicyclic amines) is 1. The molecule has 2 N–H and O–H groups in total. The Labute approximate surface area is 159 Å². The van der Waals surface area contributed by atoms with Crippen LogP contribution in [0.2, 0.25) is 5.02 Å². The molecule has 1 heterocycles. The molecule has 1 aromatic rings. The third-order valence-electron chi connectivity index (χ3n) is 4.42. The van der Waals surface area contributed by atoms with E-state index in [-0.39, 0.29) is 23.6 Å². The maximum Gasteiger partial charge on any atom is 0.251 e. The van der Waals surface area contributed by atoms with Crippen molar-refractivity contribution in [3.8, 4) is 0 Å². The summed E-state index contributed by atoms with van der Waals surface area (Å²) in [6.45, 7) is 5.70. The minimum absolute atomic E-state index is 0.0496. The molecule has 1 atom stereocenters. The first kappa shape index (κ1) is 20.2. The van der Waals surface area contributed by atoms with E-state index in [9.17, 15) is 14.4 Å². The summed E-state index contributed by atoms with van der Waals surface area (Å²) in [4.78, 5) is 38.2. The van der Waals surface area contributed by atoms with Crippen molar-refractivity contribution >= 4 is 29.3 Å². The molecule has 26 heavy (non-hydrogen) atoms. The lowest BCUT2D eigenvalue weighted by molar-refractivity contribution is -0.127. The van der Waals surface area contributed by atoms with Crippen LogP contribution in [0.15, 0.2) is 24.3 Å². The van der Waals surface area contributed by atoms with Gasteiger partial charge in [0.2, 0.25) is 11.8 Å². The Morgan fingerprint density at radius 3 is 2.50 bits per heavy atom. The first-order valence-electron chi connectivity index (χ1n) is 9.00. The van der Waals surface area contributed by atoms with Gasteiger partial charge in [0.1, 0.15) is 6.04 Å². The molecule has 1 aromatic carbocycles. The number of carbonyl (C=O) groups is 3. The number of halogens is 1. The van der Waals surface area contributed by atoms with Gasteiger partial charge in [-0.05, 0) is 43.0 Å². The zero-order chi connectivity index (χ0) is 19.1. The molecule has 1 aliphatic rings. The Morgan fingerprint density at radius 1 is 1.23 bits per heavy atom. The van der Waals surface area contributed by atoms with Gasteiger partial charge in [-0.3, -0.25) is 14.4 Å². The highest BCUT2D eigenvalue weighted by molar-refractivity contribution is 6.30. The van der Waals surface area contributed by atoms with Crippen LogP contribution in [0.4, 0.5) is 0 Å². The summed E-state index contributed by atoms with van der Waals surface area (Å²) in [5.41, 5.74) is 0.459. The minimum atomic E-state index is -0.619. The number of amides is 3. The maximum absolute atomic E-state index is 12.4. The van der Waals surface area contributed by atoms with Crippen LogP contribution in [0, 0.1) is 5.92 Å². The molecule has 0 bridgehead atoms. The molecular formula is C19H26ClN3O3. The van der Waals surface area contributed by atoms with Gasteiger partial charge in [-0.2, -0.15) is 0 Å². The smallest absolute Gasteiger partial charge is 0.251 e. The third-order valence-corrected chi connectivity index (χ3v) is 4.67. The van der Waals surface area contributed by atoms with Gasteiger partial charge in [-0.25, -0.2) is 0 Å². The molecule has 0 aromatic heterocycles. The first-order valence-corrected chi connectivity index (χ1v) is 9.38. The van der Waals surface area contributed by atoms with Crippen molar-refractivity contribution in [2.75, 3.05) is 19.6 Å². The number of nitrogens with one attached hydrogen (secondary N) is 2. The molecule has 7 heteroatoms. The second kappa shape index (κ2) is 9.57. The largest absolute Gasteiger partial charge is 0.354 e. The lowest BCUT2D eigenvalue weighted by atomic mass is 10.0. The summed E-state index contributed by atoms with van der Waals surface area (Å²) in [5.74, 6) is -0.383. The molecule has 1 fully saturated rings. The Hall–Kier alpha value is -2.08. The Balaban J connectivity index is 1.81. The summed E-state index contributed by atoms with van der Waals surface area (Å²) in [6.07, 6.45) is 2.24. The van der Waals surface area contributed by atoms with Crippen LogP contribution in [-0.2, 0) is 9.59 Å². The summed E-state index contributed by atoms with van der Waals surface area (Å²) >= 11 is 5.83. The van der Waals surface area contributed by atoms with Crippen molar-refractivity contribution in [1.82, 2.24) is 15.5 Å². The quantitative estimate of drug-likeness (QED) is 0.680. The first-order chi connectivity index (χ1) is 12.4. The lowest BCUT2D eigenvalue weighted by Gasteiger charge is -2.22. The van der Waals surface area contributed by atoms with Crippen LogP contribution in [-0.4, -0.2) is 48.3 Å². The fraction of sp³-hybridized carbons (Fsp3) is 0.526. The fourth-order valence-electron chi connectivity index (χ4n) is 2.89. The van der Waals surface area contributed by atoms with Crippen LogP contribution < -0.4 is 10.6 Å². The maximum atomic E-state index is 12.4. The Kier molecular flexibility index (Phi) is 7.45. The fourth-order valence-corrected chi connectivity index (χ4v) is 3.02. The van der Waals surface area contributed by atoms with Gasteiger partial charge >= 0.3 is 0 Å². The average molecular weight is 380 g/mol. The van der Waals surface area contributed by atoms with E-state index in [0.29, 0.717) is 36.5 Å². The van der Waals surface area contributed by atoms with Crippen LogP contribution in [0.1, 0.15) is 43.5 Å². The molecule has 0 aliphatic carbocycles. The molecule has 2 rings (SSSR count). The zero-order valence-electron chi connectivity index (χ0n) is 15.3. The molecule has 1 saturated heterocycles. The SMILES string of the molecule is CC(C)C(NC(=O)c1ccc(Cl)cc1)C(=O)NCCCN1CCCC1=O. The second-order valence-corrected chi connectivity index (χ2v) is 7.27. The van der Waals surface area contributed by atoms with Crippen molar-refractivity contribution in [2.24, 2.45) is 5.92 Å². The second-order valence-electron chi connectivity index (χ2n) is 6.83. The van der Waals surface area contributed by atoms with Crippen molar-refractivity contribution in [3.63, 3.8) is 0 Å². The van der Waals surface area contributed by atoms with Gasteiger partial charge in [0, 0.05) is 36.6 Å². The zero-order valence-corrected chi connectivity index (χ0v) is 16.0. The Morgan fingerprint density at radius 2 is 1.92 bits per heavy atom. The van der Waals surface area contributed by atoms with Crippen molar-refractivity contribution < 1.29 is 14.4 Å². The van der Waals surface area contributed by atoms with Gasteiger partial charge in [0.25, 0.3) is 5.91 Å². The summed E-state index contributed by atoms with van der Waals surface area (Å²) in [7, 11) is 0. The van der Waals surface area contributed by atoms with Crippen LogP contribution >= 0.6 is 11.6 Å². The standard InChI is InChI=1S/C19H26ClN3O3/c1-13(2)17(22-18(25)14-6-8-15(20)9-7-14)19(26)21-10-4-12-23-11-3-5-16(23)24/h6-9,13,17H,3-5,10-12H2,1-2H3,(H,21,26)(H,22,25). The van der Waals surface area contributed by atoms with E-state index in [4.69, 9.17) is 11.6 Å². The number of rotatable bonds is 8. The van der Waals surface area contributed by atoms with Gasteiger partial charge in [-0.1, -0.05) is 25.4 Å². The minimum Gasteiger partial charge on any atom is -0.354 e. The van der Waals surface area contributed by atoms with E-state index in [1.165, 1.54) is 0 Å². The molecule has 1 aliphatic heterocycles. The highest BCUT2D eigenvalue weighted by Crippen LogP contribution is 2.11. The van der Waals surface area contributed by atoms with Gasteiger partial charge in [-0.15, -0.1) is 0 Å². The molecule has 0 spiro atoms. The number of nitrogens with zero attached hydrogens (tertiary/aromatic N) is 1.